The van der Waals surface area contributed by atoms with Gasteiger partial charge in [0.15, 0.2) is 0 Å². The molecule has 0 aliphatic heterocycles. The second kappa shape index (κ2) is 3.31. The predicted octanol–water partition coefficient (Wildman–Crippen LogP) is 2.53. The Morgan fingerprint density at radius 3 is 2.75 bits per heavy atom. The van der Waals surface area contributed by atoms with Crippen LogP contribution in [0.15, 0.2) is 22.8 Å². The zero-order chi connectivity index (χ0) is 9.19. The SMILES string of the molecule is CCC(C)C(C)(O)c1ccco1. The van der Waals surface area contributed by atoms with Crippen molar-refractivity contribution in [3.63, 3.8) is 0 Å². The number of hydrogen-bond acceptors (Lipinski definition) is 2. The van der Waals surface area contributed by atoms with E-state index in [0.29, 0.717) is 5.76 Å². The van der Waals surface area contributed by atoms with Crippen molar-refractivity contribution in [2.75, 3.05) is 0 Å². The normalized spacial score (nSPS) is 18.7. The van der Waals surface area contributed by atoms with Crippen molar-refractivity contribution in [1.82, 2.24) is 0 Å². The molecule has 0 spiro atoms. The molecule has 2 nitrogen and oxygen atoms in total. The quantitative estimate of drug-likeness (QED) is 0.752. The zero-order valence-electron chi connectivity index (χ0n) is 7.87. The van der Waals surface area contributed by atoms with E-state index >= 15 is 0 Å². The summed E-state index contributed by atoms with van der Waals surface area (Å²) in [7, 11) is 0. The summed E-state index contributed by atoms with van der Waals surface area (Å²) in [5.41, 5.74) is -0.835. The van der Waals surface area contributed by atoms with Crippen molar-refractivity contribution in [3.05, 3.63) is 24.2 Å². The van der Waals surface area contributed by atoms with Gasteiger partial charge in [0.1, 0.15) is 11.4 Å². The number of hydrogen-bond donors (Lipinski definition) is 1. The maximum absolute atomic E-state index is 10.0. The van der Waals surface area contributed by atoms with E-state index in [-0.39, 0.29) is 5.92 Å². The second-order valence-electron chi connectivity index (χ2n) is 3.43. The zero-order valence-corrected chi connectivity index (χ0v) is 7.87. The monoisotopic (exact) mass is 168 g/mol. The molecule has 1 heterocycles. The molecule has 1 rings (SSSR count). The Balaban J connectivity index is 2.85. The van der Waals surface area contributed by atoms with Crippen LogP contribution in [-0.4, -0.2) is 5.11 Å². The van der Waals surface area contributed by atoms with Gasteiger partial charge in [0.2, 0.25) is 0 Å². The third-order valence-corrected chi connectivity index (χ3v) is 2.59. The Bertz CT molecular complexity index is 224. The number of furan rings is 1. The maximum atomic E-state index is 10.0. The molecule has 12 heavy (non-hydrogen) atoms. The molecule has 0 aromatic carbocycles. The maximum Gasteiger partial charge on any atom is 0.135 e. The van der Waals surface area contributed by atoms with Crippen molar-refractivity contribution in [3.8, 4) is 0 Å². The Morgan fingerprint density at radius 2 is 2.33 bits per heavy atom. The van der Waals surface area contributed by atoms with Crippen LogP contribution in [0.4, 0.5) is 0 Å². The molecule has 0 fully saturated rings. The van der Waals surface area contributed by atoms with Crippen molar-refractivity contribution in [2.45, 2.75) is 32.8 Å². The van der Waals surface area contributed by atoms with Crippen molar-refractivity contribution in [1.29, 1.82) is 0 Å². The first-order valence-electron chi connectivity index (χ1n) is 4.35. The van der Waals surface area contributed by atoms with Crippen LogP contribution in [0.5, 0.6) is 0 Å². The molecule has 0 radical (unpaired) electrons. The first-order chi connectivity index (χ1) is 5.59. The van der Waals surface area contributed by atoms with Crippen molar-refractivity contribution < 1.29 is 9.52 Å². The highest BCUT2D eigenvalue weighted by Crippen LogP contribution is 2.31. The van der Waals surface area contributed by atoms with Crippen LogP contribution in [-0.2, 0) is 5.60 Å². The van der Waals surface area contributed by atoms with Crippen molar-refractivity contribution in [2.24, 2.45) is 5.92 Å². The van der Waals surface area contributed by atoms with Gasteiger partial charge >= 0.3 is 0 Å². The number of rotatable bonds is 3. The smallest absolute Gasteiger partial charge is 0.135 e. The van der Waals surface area contributed by atoms with Gasteiger partial charge in [0.25, 0.3) is 0 Å². The highest BCUT2D eigenvalue weighted by Gasteiger charge is 2.31. The molecule has 1 aromatic heterocycles. The summed E-state index contributed by atoms with van der Waals surface area (Å²) in [5.74, 6) is 0.862. The summed E-state index contributed by atoms with van der Waals surface area (Å²) in [4.78, 5) is 0. The lowest BCUT2D eigenvalue weighted by molar-refractivity contribution is -0.0194. The van der Waals surface area contributed by atoms with Gasteiger partial charge in [-0.3, -0.25) is 0 Å². The van der Waals surface area contributed by atoms with E-state index < -0.39 is 5.60 Å². The first kappa shape index (κ1) is 9.33. The van der Waals surface area contributed by atoms with Crippen LogP contribution < -0.4 is 0 Å². The fourth-order valence-corrected chi connectivity index (χ4v) is 1.21. The highest BCUT2D eigenvalue weighted by molar-refractivity contribution is 5.08. The van der Waals surface area contributed by atoms with E-state index in [1.165, 1.54) is 0 Å². The molecular weight excluding hydrogens is 152 g/mol. The molecular formula is C10H16O2. The highest BCUT2D eigenvalue weighted by atomic mass is 16.4. The van der Waals surface area contributed by atoms with Crippen LogP contribution in [0.25, 0.3) is 0 Å². The Hall–Kier alpha value is -0.760. The fraction of sp³-hybridized carbons (Fsp3) is 0.600. The molecule has 0 saturated carbocycles. The topological polar surface area (TPSA) is 33.4 Å². The Kier molecular flexibility index (Phi) is 2.58. The van der Waals surface area contributed by atoms with E-state index in [9.17, 15) is 5.11 Å². The van der Waals surface area contributed by atoms with Crippen LogP contribution in [0.2, 0.25) is 0 Å². The summed E-state index contributed by atoms with van der Waals surface area (Å²) in [5, 5.41) is 10.0. The van der Waals surface area contributed by atoms with E-state index in [4.69, 9.17) is 4.42 Å². The van der Waals surface area contributed by atoms with Gasteiger partial charge in [-0.05, 0) is 25.0 Å². The van der Waals surface area contributed by atoms with Gasteiger partial charge < -0.3 is 9.52 Å². The average Bonchev–Trinajstić information content (AvgIpc) is 2.55. The molecule has 0 aliphatic rings. The third-order valence-electron chi connectivity index (χ3n) is 2.59. The summed E-state index contributed by atoms with van der Waals surface area (Å²) in [6, 6.07) is 3.61. The third kappa shape index (κ3) is 1.53. The fourth-order valence-electron chi connectivity index (χ4n) is 1.21. The van der Waals surface area contributed by atoms with E-state index in [0.717, 1.165) is 6.42 Å². The van der Waals surface area contributed by atoms with E-state index in [2.05, 4.69) is 6.92 Å². The predicted molar refractivity (Wildman–Crippen MR) is 47.7 cm³/mol. The Labute approximate surface area is 73.2 Å². The Morgan fingerprint density at radius 1 is 1.67 bits per heavy atom. The van der Waals surface area contributed by atoms with Crippen LogP contribution >= 0.6 is 0 Å². The van der Waals surface area contributed by atoms with Gasteiger partial charge in [-0.1, -0.05) is 20.3 Å². The van der Waals surface area contributed by atoms with Gasteiger partial charge in [-0.15, -0.1) is 0 Å². The molecule has 0 aliphatic carbocycles. The minimum Gasteiger partial charge on any atom is -0.466 e. The molecule has 0 saturated heterocycles. The summed E-state index contributed by atoms with van der Waals surface area (Å²) in [6.45, 7) is 5.87. The molecule has 1 N–H and O–H groups in total. The lowest BCUT2D eigenvalue weighted by Crippen LogP contribution is -2.28. The van der Waals surface area contributed by atoms with Gasteiger partial charge in [0, 0.05) is 0 Å². The summed E-state index contributed by atoms with van der Waals surface area (Å²) in [6.07, 6.45) is 2.53. The second-order valence-corrected chi connectivity index (χ2v) is 3.43. The standard InChI is InChI=1S/C10H16O2/c1-4-8(2)10(3,11)9-6-5-7-12-9/h5-8,11H,4H2,1-3H3. The van der Waals surface area contributed by atoms with Gasteiger partial charge in [-0.25, -0.2) is 0 Å². The summed E-state index contributed by atoms with van der Waals surface area (Å²) < 4.78 is 5.17. The van der Waals surface area contributed by atoms with Gasteiger partial charge in [0.05, 0.1) is 6.26 Å². The lowest BCUT2D eigenvalue weighted by Gasteiger charge is -2.27. The molecule has 0 bridgehead atoms. The first-order valence-corrected chi connectivity index (χ1v) is 4.35. The van der Waals surface area contributed by atoms with Crippen molar-refractivity contribution >= 4 is 0 Å². The van der Waals surface area contributed by atoms with Gasteiger partial charge in [-0.2, -0.15) is 0 Å². The van der Waals surface area contributed by atoms with Crippen LogP contribution in [0.3, 0.4) is 0 Å². The average molecular weight is 168 g/mol. The summed E-state index contributed by atoms with van der Waals surface area (Å²) >= 11 is 0. The largest absolute Gasteiger partial charge is 0.466 e. The molecule has 0 amide bonds. The van der Waals surface area contributed by atoms with Crippen LogP contribution in [0.1, 0.15) is 33.0 Å². The minimum absolute atomic E-state index is 0.212. The minimum atomic E-state index is -0.835. The molecule has 2 atom stereocenters. The number of aliphatic hydroxyl groups is 1. The lowest BCUT2D eigenvalue weighted by atomic mass is 9.87. The molecule has 1 aromatic rings. The molecule has 2 heteroatoms. The molecule has 68 valence electrons. The van der Waals surface area contributed by atoms with E-state index in [1.807, 2.05) is 13.0 Å². The molecule has 2 unspecified atom stereocenters. The van der Waals surface area contributed by atoms with Crippen LogP contribution in [0, 0.1) is 5.92 Å². The van der Waals surface area contributed by atoms with E-state index in [1.54, 1.807) is 19.3 Å².